The Balaban J connectivity index is 3.01. The quantitative estimate of drug-likeness (QED) is 0.325. The molecule has 4 nitrogen and oxygen atoms in total. The number of hydrogen-bond acceptors (Lipinski definition) is 3. The zero-order chi connectivity index (χ0) is 9.84. The second-order valence-electron chi connectivity index (χ2n) is 2.60. The smallest absolute Gasteiger partial charge is 0.129 e. The van der Waals surface area contributed by atoms with Crippen LogP contribution in [0.5, 0.6) is 0 Å². The fourth-order valence-electron chi connectivity index (χ4n) is 1.04. The third-order valence-corrected chi connectivity index (χ3v) is 1.86. The Hall–Kier alpha value is -1.26. The molecule has 4 N–H and O–H groups in total. The Morgan fingerprint density at radius 2 is 2.23 bits per heavy atom. The maximum Gasteiger partial charge on any atom is 0.129 e. The van der Waals surface area contributed by atoms with E-state index in [2.05, 4.69) is 5.10 Å². The maximum atomic E-state index is 5.78. The van der Waals surface area contributed by atoms with E-state index in [1.54, 1.807) is 12.1 Å². The summed E-state index contributed by atoms with van der Waals surface area (Å²) in [4.78, 5) is 0. The molecule has 70 valence electrons. The highest BCUT2D eigenvalue weighted by molar-refractivity contribution is 6.30. The van der Waals surface area contributed by atoms with Gasteiger partial charge in [-0.3, -0.25) is 5.01 Å². The van der Waals surface area contributed by atoms with Crippen LogP contribution in [0.1, 0.15) is 5.56 Å². The molecule has 1 aromatic rings. The van der Waals surface area contributed by atoms with Crippen molar-refractivity contribution < 1.29 is 0 Å². The van der Waals surface area contributed by atoms with Gasteiger partial charge in [-0.2, -0.15) is 5.10 Å². The zero-order valence-electron chi connectivity index (χ0n) is 7.24. The summed E-state index contributed by atoms with van der Waals surface area (Å²) in [5, 5.41) is 5.34. The third kappa shape index (κ3) is 2.34. The highest BCUT2D eigenvalue weighted by Crippen LogP contribution is 2.20. The van der Waals surface area contributed by atoms with Crippen LogP contribution < -0.4 is 16.7 Å². The SMILES string of the molecule is Cc1cc(Cl)ccc1N(N)/C=N\N. The molecule has 0 atom stereocenters. The molecule has 0 saturated heterocycles. The van der Waals surface area contributed by atoms with Crippen molar-refractivity contribution in [2.24, 2.45) is 16.8 Å². The molecule has 0 unspecified atom stereocenters. The van der Waals surface area contributed by atoms with E-state index >= 15 is 0 Å². The van der Waals surface area contributed by atoms with Gasteiger partial charge in [0.25, 0.3) is 0 Å². The first kappa shape index (κ1) is 9.83. The van der Waals surface area contributed by atoms with E-state index in [9.17, 15) is 0 Å². The van der Waals surface area contributed by atoms with Crippen molar-refractivity contribution in [3.63, 3.8) is 0 Å². The standard InChI is InChI=1S/C8H11ClN4/c1-6-4-7(9)2-3-8(6)13(11)5-12-10/h2-5H,10-11H2,1H3/b12-5-. The summed E-state index contributed by atoms with van der Waals surface area (Å²) in [7, 11) is 0. The summed E-state index contributed by atoms with van der Waals surface area (Å²) in [5.41, 5.74) is 1.79. The van der Waals surface area contributed by atoms with Crippen LogP contribution in [-0.2, 0) is 0 Å². The number of anilines is 1. The largest absolute Gasteiger partial charge is 0.322 e. The Morgan fingerprint density at radius 1 is 1.54 bits per heavy atom. The second kappa shape index (κ2) is 4.11. The molecule has 0 saturated carbocycles. The number of hydrazine groups is 1. The van der Waals surface area contributed by atoms with Crippen LogP contribution in [0.4, 0.5) is 5.69 Å². The highest BCUT2D eigenvalue weighted by Gasteiger charge is 2.02. The van der Waals surface area contributed by atoms with Gasteiger partial charge >= 0.3 is 0 Å². The lowest BCUT2D eigenvalue weighted by Crippen LogP contribution is -2.30. The number of hydrazone groups is 1. The van der Waals surface area contributed by atoms with Gasteiger partial charge in [0, 0.05) is 5.02 Å². The summed E-state index contributed by atoms with van der Waals surface area (Å²) >= 11 is 5.78. The van der Waals surface area contributed by atoms with E-state index in [-0.39, 0.29) is 0 Å². The Morgan fingerprint density at radius 3 is 2.77 bits per heavy atom. The molecule has 0 aromatic heterocycles. The van der Waals surface area contributed by atoms with Crippen molar-refractivity contribution in [3.8, 4) is 0 Å². The van der Waals surface area contributed by atoms with Crippen molar-refractivity contribution in [2.45, 2.75) is 6.92 Å². The van der Waals surface area contributed by atoms with Crippen molar-refractivity contribution in [2.75, 3.05) is 5.01 Å². The van der Waals surface area contributed by atoms with Gasteiger partial charge in [0.2, 0.25) is 0 Å². The molecule has 0 heterocycles. The van der Waals surface area contributed by atoms with Crippen molar-refractivity contribution in [1.82, 2.24) is 0 Å². The number of nitrogens with zero attached hydrogens (tertiary/aromatic N) is 2. The fourth-order valence-corrected chi connectivity index (χ4v) is 1.27. The monoisotopic (exact) mass is 198 g/mol. The highest BCUT2D eigenvalue weighted by atomic mass is 35.5. The molecule has 0 bridgehead atoms. The number of nitrogens with two attached hydrogens (primary N) is 2. The lowest BCUT2D eigenvalue weighted by atomic mass is 10.2. The predicted molar refractivity (Wildman–Crippen MR) is 55.5 cm³/mol. The molecular weight excluding hydrogens is 188 g/mol. The molecule has 0 fully saturated rings. The van der Waals surface area contributed by atoms with Crippen LogP contribution in [0.2, 0.25) is 5.02 Å². The van der Waals surface area contributed by atoms with E-state index in [1.807, 2.05) is 13.0 Å². The average molecular weight is 199 g/mol. The Labute approximate surface area is 81.7 Å². The second-order valence-corrected chi connectivity index (χ2v) is 3.04. The van der Waals surface area contributed by atoms with Gasteiger partial charge in [-0.15, -0.1) is 0 Å². The van der Waals surface area contributed by atoms with Gasteiger partial charge in [-0.25, -0.2) is 5.84 Å². The number of halogens is 1. The first-order valence-corrected chi connectivity index (χ1v) is 4.06. The first-order chi connectivity index (χ1) is 6.15. The van der Waals surface area contributed by atoms with Gasteiger partial charge in [-0.05, 0) is 30.7 Å². The predicted octanol–water partition coefficient (Wildman–Crippen LogP) is 1.23. The lowest BCUT2D eigenvalue weighted by molar-refractivity contribution is 1.11. The Bertz CT molecular complexity index is 324. The molecule has 0 aliphatic heterocycles. The molecule has 13 heavy (non-hydrogen) atoms. The summed E-state index contributed by atoms with van der Waals surface area (Å²) in [5.74, 6) is 10.6. The molecule has 5 heteroatoms. The van der Waals surface area contributed by atoms with E-state index in [4.69, 9.17) is 23.3 Å². The molecule has 0 aliphatic rings. The van der Waals surface area contributed by atoms with Crippen LogP contribution in [0, 0.1) is 6.92 Å². The normalized spacial score (nSPS) is 10.7. The maximum absolute atomic E-state index is 5.78. The van der Waals surface area contributed by atoms with E-state index in [0.717, 1.165) is 11.3 Å². The van der Waals surface area contributed by atoms with E-state index in [0.29, 0.717) is 5.02 Å². The molecular formula is C8H11ClN4. The van der Waals surface area contributed by atoms with Crippen LogP contribution >= 0.6 is 11.6 Å². The molecule has 0 radical (unpaired) electrons. The van der Waals surface area contributed by atoms with Crippen LogP contribution in [0.25, 0.3) is 0 Å². The van der Waals surface area contributed by atoms with Crippen LogP contribution in [-0.4, -0.2) is 6.34 Å². The van der Waals surface area contributed by atoms with Crippen LogP contribution in [0.15, 0.2) is 23.3 Å². The molecule has 0 aliphatic carbocycles. The number of hydrogen-bond donors (Lipinski definition) is 2. The molecule has 0 spiro atoms. The molecule has 1 aromatic carbocycles. The number of benzene rings is 1. The summed E-state index contributed by atoms with van der Waals surface area (Å²) in [6.45, 7) is 1.91. The third-order valence-electron chi connectivity index (χ3n) is 1.63. The van der Waals surface area contributed by atoms with Gasteiger partial charge < -0.3 is 5.84 Å². The Kier molecular flexibility index (Phi) is 3.11. The lowest BCUT2D eigenvalue weighted by Gasteiger charge is -2.14. The minimum atomic E-state index is 0.680. The van der Waals surface area contributed by atoms with Gasteiger partial charge in [-0.1, -0.05) is 11.6 Å². The summed E-state index contributed by atoms with van der Waals surface area (Å²) in [6, 6.07) is 5.38. The van der Waals surface area contributed by atoms with Crippen molar-refractivity contribution in [3.05, 3.63) is 28.8 Å². The van der Waals surface area contributed by atoms with E-state index in [1.165, 1.54) is 11.3 Å². The minimum Gasteiger partial charge on any atom is -0.322 e. The van der Waals surface area contributed by atoms with Gasteiger partial charge in [0.15, 0.2) is 0 Å². The van der Waals surface area contributed by atoms with Crippen molar-refractivity contribution in [1.29, 1.82) is 0 Å². The van der Waals surface area contributed by atoms with Gasteiger partial charge in [0.1, 0.15) is 6.34 Å². The first-order valence-electron chi connectivity index (χ1n) is 3.68. The zero-order valence-corrected chi connectivity index (χ0v) is 7.99. The molecule has 0 amide bonds. The average Bonchev–Trinajstić information content (AvgIpc) is 2.04. The minimum absolute atomic E-state index is 0.680. The number of aryl methyl sites for hydroxylation is 1. The molecule has 1 rings (SSSR count). The van der Waals surface area contributed by atoms with Gasteiger partial charge in [0.05, 0.1) is 5.69 Å². The van der Waals surface area contributed by atoms with Crippen molar-refractivity contribution >= 4 is 23.6 Å². The summed E-state index contributed by atoms with van der Waals surface area (Å²) < 4.78 is 0. The van der Waals surface area contributed by atoms with E-state index < -0.39 is 0 Å². The van der Waals surface area contributed by atoms with Crippen LogP contribution in [0.3, 0.4) is 0 Å². The fraction of sp³-hybridized carbons (Fsp3) is 0.125. The summed E-state index contributed by atoms with van der Waals surface area (Å²) in [6.07, 6.45) is 1.33. The number of rotatable bonds is 2. The topological polar surface area (TPSA) is 67.6 Å².